The summed E-state index contributed by atoms with van der Waals surface area (Å²) in [5, 5.41) is 23.3. The number of hydrogen-bond donors (Lipinski definition) is 0. The van der Waals surface area contributed by atoms with Crippen LogP contribution in [0.15, 0.2) is 60.8 Å². The number of benzene rings is 1. The summed E-state index contributed by atoms with van der Waals surface area (Å²) in [5.74, 6) is -1.86. The maximum Gasteiger partial charge on any atom is 0.224 e. The Morgan fingerprint density at radius 3 is 2.31 bits per heavy atom. The van der Waals surface area contributed by atoms with Crippen LogP contribution in [0.3, 0.4) is 0 Å². The number of nitriles is 2. The Balaban J connectivity index is 1.77. The molecule has 32 heavy (non-hydrogen) atoms. The molecular weight excluding hydrogens is 410 g/mol. The first kappa shape index (κ1) is 20.8. The van der Waals surface area contributed by atoms with Crippen LogP contribution in [0.1, 0.15) is 36.4 Å². The van der Waals surface area contributed by atoms with E-state index in [4.69, 9.17) is 5.26 Å². The lowest BCUT2D eigenvalue weighted by atomic mass is 9.83. The lowest BCUT2D eigenvalue weighted by molar-refractivity contribution is 0.514. The van der Waals surface area contributed by atoms with Crippen molar-refractivity contribution < 1.29 is 8.78 Å². The fourth-order valence-electron chi connectivity index (χ4n) is 3.40. The molecule has 0 spiro atoms. The van der Waals surface area contributed by atoms with Gasteiger partial charge in [0.05, 0.1) is 50.9 Å². The fraction of sp³-hybridized carbons (Fsp3) is 0.125. The van der Waals surface area contributed by atoms with Crippen molar-refractivity contribution in [3.63, 3.8) is 0 Å². The third-order valence-electron chi connectivity index (χ3n) is 5.17. The number of pyridine rings is 2. The first-order chi connectivity index (χ1) is 15.3. The zero-order valence-electron chi connectivity index (χ0n) is 17.2. The molecule has 6 nitrogen and oxygen atoms in total. The molecule has 0 radical (unpaired) electrons. The van der Waals surface area contributed by atoms with Crippen LogP contribution in [0, 0.1) is 34.6 Å². The van der Waals surface area contributed by atoms with Crippen LogP contribution < -0.4 is 0 Å². The lowest BCUT2D eigenvalue weighted by Gasteiger charge is -2.23. The van der Waals surface area contributed by atoms with Gasteiger partial charge in [0.15, 0.2) is 0 Å². The van der Waals surface area contributed by atoms with Crippen molar-refractivity contribution in [2.45, 2.75) is 19.3 Å². The Labute approximate surface area is 183 Å². The molecule has 1 aromatic carbocycles. The van der Waals surface area contributed by atoms with Crippen molar-refractivity contribution in [3.05, 3.63) is 95.2 Å². The standard InChI is InChI=1S/C24H16F2N6/c1-24(2,20-5-3-4-19(29-20)18-10-11-21(25)30-23(18)26)22-16(13-28)14-32(31-22)17-8-6-15(12-27)7-9-17/h3-11,14H,1-2H3. The molecule has 156 valence electrons. The van der Waals surface area contributed by atoms with Gasteiger partial charge in [0.2, 0.25) is 11.9 Å². The highest BCUT2D eigenvalue weighted by Crippen LogP contribution is 2.33. The summed E-state index contributed by atoms with van der Waals surface area (Å²) >= 11 is 0. The molecule has 0 aliphatic heterocycles. The molecule has 4 rings (SSSR count). The number of aromatic nitrogens is 4. The summed E-state index contributed by atoms with van der Waals surface area (Å²) in [6.45, 7) is 3.73. The Kier molecular flexibility index (Phi) is 5.21. The molecule has 8 heteroatoms. The number of hydrogen-bond acceptors (Lipinski definition) is 5. The predicted octanol–water partition coefficient (Wildman–Crippen LogP) is 4.68. The van der Waals surface area contributed by atoms with Crippen LogP contribution in [0.4, 0.5) is 8.78 Å². The highest BCUT2D eigenvalue weighted by atomic mass is 19.1. The Morgan fingerprint density at radius 1 is 0.906 bits per heavy atom. The Bertz CT molecular complexity index is 1390. The van der Waals surface area contributed by atoms with Crippen molar-refractivity contribution in [1.29, 1.82) is 10.5 Å². The number of rotatable bonds is 4. The normalized spacial score (nSPS) is 11.1. The molecule has 4 aromatic rings. The average molecular weight is 426 g/mol. The van der Waals surface area contributed by atoms with Crippen molar-refractivity contribution in [2.24, 2.45) is 0 Å². The number of nitrogens with zero attached hydrogens (tertiary/aromatic N) is 6. The minimum Gasteiger partial charge on any atom is -0.252 e. The van der Waals surface area contributed by atoms with Crippen LogP contribution in [-0.2, 0) is 5.41 Å². The minimum absolute atomic E-state index is 0.0765. The fourth-order valence-corrected chi connectivity index (χ4v) is 3.40. The summed E-state index contributed by atoms with van der Waals surface area (Å²) in [6.07, 6.45) is 1.62. The van der Waals surface area contributed by atoms with Crippen LogP contribution in [0.2, 0.25) is 0 Å². The summed E-state index contributed by atoms with van der Waals surface area (Å²) < 4.78 is 28.9. The highest BCUT2D eigenvalue weighted by Gasteiger charge is 2.31. The molecule has 0 fully saturated rings. The molecule has 3 heterocycles. The third-order valence-corrected chi connectivity index (χ3v) is 5.17. The van der Waals surface area contributed by atoms with E-state index < -0.39 is 17.3 Å². The zero-order chi connectivity index (χ0) is 22.9. The monoisotopic (exact) mass is 426 g/mol. The summed E-state index contributed by atoms with van der Waals surface area (Å²) in [6, 6.07) is 18.5. The van der Waals surface area contributed by atoms with Crippen LogP contribution >= 0.6 is 0 Å². The molecule has 0 aliphatic carbocycles. The molecule has 0 N–H and O–H groups in total. The second kappa shape index (κ2) is 8.01. The van der Waals surface area contributed by atoms with E-state index in [0.29, 0.717) is 33.9 Å². The molecule has 0 bridgehead atoms. The van der Waals surface area contributed by atoms with Gasteiger partial charge >= 0.3 is 0 Å². The molecule has 0 unspecified atom stereocenters. The van der Waals surface area contributed by atoms with Crippen LogP contribution in [0.5, 0.6) is 0 Å². The Morgan fingerprint density at radius 2 is 1.66 bits per heavy atom. The van der Waals surface area contributed by atoms with Crippen molar-refractivity contribution in [3.8, 4) is 29.1 Å². The summed E-state index contributed by atoms with van der Waals surface area (Å²) in [4.78, 5) is 7.79. The zero-order valence-corrected chi connectivity index (χ0v) is 17.2. The van der Waals surface area contributed by atoms with Gasteiger partial charge in [0.25, 0.3) is 0 Å². The average Bonchev–Trinajstić information content (AvgIpc) is 3.25. The van der Waals surface area contributed by atoms with Crippen molar-refractivity contribution in [2.75, 3.05) is 0 Å². The van der Waals surface area contributed by atoms with Crippen molar-refractivity contribution >= 4 is 0 Å². The highest BCUT2D eigenvalue weighted by molar-refractivity contribution is 5.59. The van der Waals surface area contributed by atoms with Gasteiger partial charge < -0.3 is 0 Å². The van der Waals surface area contributed by atoms with E-state index in [9.17, 15) is 14.0 Å². The summed E-state index contributed by atoms with van der Waals surface area (Å²) in [7, 11) is 0. The Hall–Kier alpha value is -4.43. The van der Waals surface area contributed by atoms with Gasteiger partial charge in [-0.2, -0.15) is 29.4 Å². The first-order valence-electron chi connectivity index (χ1n) is 9.64. The largest absolute Gasteiger partial charge is 0.252 e. The van der Waals surface area contributed by atoms with E-state index in [1.54, 1.807) is 53.3 Å². The SMILES string of the molecule is CC(C)(c1cccc(-c2ccc(F)nc2F)n1)c1nn(-c2ccc(C#N)cc2)cc1C#N. The van der Waals surface area contributed by atoms with E-state index in [0.717, 1.165) is 6.07 Å². The van der Waals surface area contributed by atoms with Gasteiger partial charge in [-0.3, -0.25) is 4.98 Å². The number of halogens is 2. The topological polar surface area (TPSA) is 91.2 Å². The maximum atomic E-state index is 14.2. The van der Waals surface area contributed by atoms with Gasteiger partial charge in [-0.15, -0.1) is 0 Å². The predicted molar refractivity (Wildman–Crippen MR) is 113 cm³/mol. The molecule has 0 amide bonds. The van der Waals surface area contributed by atoms with Gasteiger partial charge in [-0.1, -0.05) is 6.07 Å². The second-order valence-electron chi connectivity index (χ2n) is 7.61. The maximum absolute atomic E-state index is 14.2. The van der Waals surface area contributed by atoms with Gasteiger partial charge in [0.1, 0.15) is 6.07 Å². The van der Waals surface area contributed by atoms with E-state index in [1.807, 2.05) is 13.8 Å². The third kappa shape index (κ3) is 3.70. The van der Waals surface area contributed by atoms with Gasteiger partial charge in [-0.25, -0.2) is 4.68 Å². The summed E-state index contributed by atoms with van der Waals surface area (Å²) in [5.41, 5.74) is 2.20. The van der Waals surface area contributed by atoms with E-state index in [1.165, 1.54) is 6.07 Å². The lowest BCUT2D eigenvalue weighted by Crippen LogP contribution is -2.23. The minimum atomic E-state index is -0.949. The molecule has 0 saturated heterocycles. The molecule has 0 saturated carbocycles. The molecule has 3 aromatic heterocycles. The first-order valence-corrected chi connectivity index (χ1v) is 9.64. The van der Waals surface area contributed by atoms with E-state index in [2.05, 4.69) is 27.2 Å². The van der Waals surface area contributed by atoms with Gasteiger partial charge in [0, 0.05) is 6.20 Å². The second-order valence-corrected chi connectivity index (χ2v) is 7.61. The molecule has 0 atom stereocenters. The van der Waals surface area contributed by atoms with E-state index in [-0.39, 0.29) is 5.56 Å². The smallest absolute Gasteiger partial charge is 0.224 e. The van der Waals surface area contributed by atoms with E-state index >= 15 is 0 Å². The molecule has 0 aliphatic rings. The van der Waals surface area contributed by atoms with Crippen molar-refractivity contribution in [1.82, 2.24) is 19.7 Å². The van der Waals surface area contributed by atoms with Gasteiger partial charge in [-0.05, 0) is 62.4 Å². The molecular formula is C24H16F2N6. The van der Waals surface area contributed by atoms with Crippen LogP contribution in [-0.4, -0.2) is 19.7 Å². The quantitative estimate of drug-likeness (QED) is 0.442. The van der Waals surface area contributed by atoms with Crippen LogP contribution in [0.25, 0.3) is 16.9 Å².